The van der Waals surface area contributed by atoms with Crippen LogP contribution < -0.4 is 15.8 Å². The van der Waals surface area contributed by atoms with E-state index in [1.807, 2.05) is 24.8 Å². The summed E-state index contributed by atoms with van der Waals surface area (Å²) in [4.78, 5) is 33.5. The van der Waals surface area contributed by atoms with E-state index in [-0.39, 0.29) is 23.7 Å². The number of pyridine rings is 1. The van der Waals surface area contributed by atoms with Crippen LogP contribution in [0, 0.1) is 13.8 Å². The average Bonchev–Trinajstić information content (AvgIpc) is 2.81. The number of hydrogen-bond donors (Lipinski definition) is 2. The number of rotatable bonds is 7. The van der Waals surface area contributed by atoms with Crippen LogP contribution in [0.1, 0.15) is 40.0 Å². The number of halogens is 2. The summed E-state index contributed by atoms with van der Waals surface area (Å²) in [5, 5.41) is 12.8. The van der Waals surface area contributed by atoms with E-state index in [1.165, 1.54) is 10.5 Å². The number of benzene rings is 1. The normalized spacial score (nSPS) is 15.5. The monoisotopic (exact) mass is 485 g/mol. The Morgan fingerprint density at radius 2 is 1.86 bits per heavy atom. The second kappa shape index (κ2) is 9.99. The first-order chi connectivity index (χ1) is 16.7. The standard InChI is InChI=1S/C25H29F2N5O3/c1-15-12-19(17(3)28-20-7-5-4-6-18(20)25(34)35)23-29-22(16(2)24(33)32(23)13-15)31-10-8-30(9-11-31)14-21(26)27/h4-7,12-13,17,21,28H,8-11,14H2,1-3H3,(H,34,35)/t17-/m1/s1. The van der Waals surface area contributed by atoms with Crippen molar-refractivity contribution >= 4 is 23.1 Å². The maximum Gasteiger partial charge on any atom is 0.337 e. The van der Waals surface area contributed by atoms with Crippen molar-refractivity contribution in [1.29, 1.82) is 0 Å². The fourth-order valence-electron chi connectivity index (χ4n) is 4.56. The van der Waals surface area contributed by atoms with Gasteiger partial charge in [0, 0.05) is 43.6 Å². The molecule has 1 aliphatic heterocycles. The molecule has 1 fully saturated rings. The fraction of sp³-hybridized carbons (Fsp3) is 0.400. The SMILES string of the molecule is Cc1cc([C@@H](C)Nc2ccccc2C(=O)O)c2nc(N3CCN(CC(F)F)CC3)c(C)c(=O)n2c1. The lowest BCUT2D eigenvalue weighted by molar-refractivity contribution is 0.0697. The molecule has 0 radical (unpaired) electrons. The number of anilines is 2. The summed E-state index contributed by atoms with van der Waals surface area (Å²) < 4.78 is 27.0. The number of alkyl halides is 2. The Morgan fingerprint density at radius 3 is 2.51 bits per heavy atom. The Kier molecular flexibility index (Phi) is 7.02. The third-order valence-electron chi connectivity index (χ3n) is 6.35. The molecule has 3 heterocycles. The second-order valence-corrected chi connectivity index (χ2v) is 8.93. The number of aryl methyl sites for hydroxylation is 1. The molecule has 0 aliphatic carbocycles. The number of nitrogens with one attached hydrogen (secondary N) is 1. The highest BCUT2D eigenvalue weighted by Crippen LogP contribution is 2.27. The predicted molar refractivity (Wildman–Crippen MR) is 131 cm³/mol. The summed E-state index contributed by atoms with van der Waals surface area (Å²) in [6, 6.07) is 8.24. The van der Waals surface area contributed by atoms with E-state index in [1.54, 1.807) is 36.2 Å². The number of nitrogens with zero attached hydrogens (tertiary/aromatic N) is 4. The van der Waals surface area contributed by atoms with Gasteiger partial charge in [0.1, 0.15) is 11.5 Å². The highest BCUT2D eigenvalue weighted by molar-refractivity contribution is 5.94. The number of fused-ring (bicyclic) bond motifs is 1. The molecule has 3 aromatic rings. The molecule has 0 amide bonds. The zero-order valence-electron chi connectivity index (χ0n) is 20.0. The van der Waals surface area contributed by atoms with Crippen LogP contribution in [-0.2, 0) is 0 Å². The van der Waals surface area contributed by atoms with Gasteiger partial charge in [0.05, 0.1) is 23.7 Å². The van der Waals surface area contributed by atoms with Crippen LogP contribution in [0.5, 0.6) is 0 Å². The molecule has 1 saturated heterocycles. The molecular formula is C25H29F2N5O3. The van der Waals surface area contributed by atoms with Crippen molar-refractivity contribution in [2.45, 2.75) is 33.2 Å². The van der Waals surface area contributed by atoms with Crippen molar-refractivity contribution < 1.29 is 18.7 Å². The van der Waals surface area contributed by atoms with E-state index in [9.17, 15) is 23.5 Å². The van der Waals surface area contributed by atoms with Gasteiger partial charge < -0.3 is 15.3 Å². The predicted octanol–water partition coefficient (Wildman–Crippen LogP) is 3.57. The van der Waals surface area contributed by atoms with Gasteiger partial charge >= 0.3 is 5.97 Å². The van der Waals surface area contributed by atoms with Gasteiger partial charge in [0.15, 0.2) is 0 Å². The summed E-state index contributed by atoms with van der Waals surface area (Å²) in [6.45, 7) is 7.18. The molecule has 1 aromatic carbocycles. The van der Waals surface area contributed by atoms with Gasteiger partial charge in [0.25, 0.3) is 12.0 Å². The summed E-state index contributed by atoms with van der Waals surface area (Å²) in [5.74, 6) is -0.484. The first-order valence-corrected chi connectivity index (χ1v) is 11.5. The van der Waals surface area contributed by atoms with Gasteiger partial charge in [-0.05, 0) is 44.5 Å². The molecule has 2 aromatic heterocycles. The Bertz CT molecular complexity index is 1300. The van der Waals surface area contributed by atoms with Crippen molar-refractivity contribution in [1.82, 2.24) is 14.3 Å². The van der Waals surface area contributed by atoms with E-state index in [2.05, 4.69) is 5.32 Å². The third-order valence-corrected chi connectivity index (χ3v) is 6.35. The lowest BCUT2D eigenvalue weighted by Gasteiger charge is -2.35. The number of para-hydroxylation sites is 1. The highest BCUT2D eigenvalue weighted by Gasteiger charge is 2.24. The number of carboxylic acid groups (broad SMARTS) is 1. The van der Waals surface area contributed by atoms with Crippen LogP contribution in [-0.4, -0.2) is 64.5 Å². The van der Waals surface area contributed by atoms with Crippen molar-refractivity contribution in [3.05, 3.63) is 69.1 Å². The molecule has 0 spiro atoms. The van der Waals surface area contributed by atoms with Crippen LogP contribution in [0.2, 0.25) is 0 Å². The summed E-state index contributed by atoms with van der Waals surface area (Å²) >= 11 is 0. The number of hydrogen-bond acceptors (Lipinski definition) is 6. The average molecular weight is 486 g/mol. The number of piperazine rings is 1. The maximum absolute atomic E-state index is 13.3. The molecule has 35 heavy (non-hydrogen) atoms. The van der Waals surface area contributed by atoms with Crippen LogP contribution >= 0.6 is 0 Å². The van der Waals surface area contributed by atoms with Gasteiger partial charge in [-0.25, -0.2) is 18.6 Å². The summed E-state index contributed by atoms with van der Waals surface area (Å²) in [6.07, 6.45) is -0.638. The molecule has 1 atom stereocenters. The Labute approximate surface area is 201 Å². The smallest absolute Gasteiger partial charge is 0.337 e. The van der Waals surface area contributed by atoms with Gasteiger partial charge in [0.2, 0.25) is 0 Å². The van der Waals surface area contributed by atoms with Gasteiger partial charge in [-0.2, -0.15) is 0 Å². The van der Waals surface area contributed by atoms with Crippen LogP contribution in [0.3, 0.4) is 0 Å². The number of aromatic nitrogens is 2. The summed E-state index contributed by atoms with van der Waals surface area (Å²) in [7, 11) is 0. The van der Waals surface area contributed by atoms with E-state index in [0.717, 1.165) is 11.1 Å². The molecule has 0 unspecified atom stereocenters. The van der Waals surface area contributed by atoms with Crippen LogP contribution in [0.25, 0.3) is 5.65 Å². The summed E-state index contributed by atoms with van der Waals surface area (Å²) in [5.41, 5.74) is 3.02. The first kappa shape index (κ1) is 24.6. The second-order valence-electron chi connectivity index (χ2n) is 8.93. The van der Waals surface area contributed by atoms with Crippen molar-refractivity contribution in [2.75, 3.05) is 42.9 Å². The number of carbonyl (C=O) groups is 1. The minimum absolute atomic E-state index is 0.152. The quantitative estimate of drug-likeness (QED) is 0.529. The third kappa shape index (κ3) is 5.12. The minimum atomic E-state index is -2.38. The molecule has 2 N–H and O–H groups in total. The van der Waals surface area contributed by atoms with Crippen molar-refractivity contribution in [3.8, 4) is 0 Å². The van der Waals surface area contributed by atoms with Gasteiger partial charge in [-0.15, -0.1) is 0 Å². The fourth-order valence-corrected chi connectivity index (χ4v) is 4.56. The van der Waals surface area contributed by atoms with Crippen molar-refractivity contribution in [3.63, 3.8) is 0 Å². The van der Waals surface area contributed by atoms with E-state index in [0.29, 0.717) is 48.9 Å². The maximum atomic E-state index is 13.3. The topological polar surface area (TPSA) is 90.2 Å². The van der Waals surface area contributed by atoms with Gasteiger partial charge in [-0.3, -0.25) is 14.1 Å². The van der Waals surface area contributed by atoms with E-state index in [4.69, 9.17) is 4.98 Å². The molecule has 0 saturated carbocycles. The highest BCUT2D eigenvalue weighted by atomic mass is 19.3. The van der Waals surface area contributed by atoms with Crippen LogP contribution in [0.4, 0.5) is 20.3 Å². The minimum Gasteiger partial charge on any atom is -0.478 e. The molecule has 4 rings (SSSR count). The zero-order valence-corrected chi connectivity index (χ0v) is 20.0. The van der Waals surface area contributed by atoms with Gasteiger partial charge in [-0.1, -0.05) is 12.1 Å². The van der Waals surface area contributed by atoms with Crippen molar-refractivity contribution in [2.24, 2.45) is 0 Å². The molecule has 1 aliphatic rings. The molecule has 0 bridgehead atoms. The molecule has 10 heteroatoms. The Morgan fingerprint density at radius 1 is 1.17 bits per heavy atom. The van der Waals surface area contributed by atoms with E-state index < -0.39 is 12.4 Å². The first-order valence-electron chi connectivity index (χ1n) is 11.5. The van der Waals surface area contributed by atoms with Crippen LogP contribution in [0.15, 0.2) is 41.3 Å². The Hall–Kier alpha value is -3.53. The van der Waals surface area contributed by atoms with E-state index >= 15 is 0 Å². The lowest BCUT2D eigenvalue weighted by atomic mass is 10.1. The molecular weight excluding hydrogens is 456 g/mol. The molecule has 8 nitrogen and oxygen atoms in total. The number of carboxylic acids is 1. The molecule has 186 valence electrons. The lowest BCUT2D eigenvalue weighted by Crippen LogP contribution is -2.48. The number of aromatic carboxylic acids is 1. The zero-order chi connectivity index (χ0) is 25.3. The Balaban J connectivity index is 1.72. The largest absolute Gasteiger partial charge is 0.478 e.